The lowest BCUT2D eigenvalue weighted by Crippen LogP contribution is -2.21. The van der Waals surface area contributed by atoms with Crippen LogP contribution in [0.15, 0.2) is 18.2 Å². The number of unbranched alkanes of at least 4 members (excludes halogenated alkanes) is 1. The smallest absolute Gasteiger partial charge is 0.0595 e. The Hall–Kier alpha value is -0.280. The molecule has 1 atom stereocenters. The fourth-order valence-corrected chi connectivity index (χ4v) is 2.08. The van der Waals surface area contributed by atoms with E-state index in [1.165, 1.54) is 18.4 Å². The van der Waals surface area contributed by atoms with E-state index in [1.54, 1.807) is 0 Å². The molecule has 0 radical (unpaired) electrons. The van der Waals surface area contributed by atoms with E-state index in [-0.39, 0.29) is 0 Å². The van der Waals surface area contributed by atoms with Gasteiger partial charge in [0.05, 0.1) is 10.0 Å². The van der Waals surface area contributed by atoms with Crippen molar-refractivity contribution in [2.45, 2.75) is 25.8 Å². The molecule has 0 aliphatic rings. The lowest BCUT2D eigenvalue weighted by Gasteiger charge is -2.15. The standard InChI is InChI=1S/C14H22Cl2N2/c1-11(17-8-4-5-9-18(2)3)12-6-7-13(15)14(16)10-12/h6-7,10-11,17H,4-5,8-9H2,1-3H3. The highest BCUT2D eigenvalue weighted by Gasteiger charge is 2.06. The number of rotatable bonds is 7. The zero-order valence-electron chi connectivity index (χ0n) is 11.3. The molecule has 102 valence electrons. The summed E-state index contributed by atoms with van der Waals surface area (Å²) >= 11 is 11.9. The van der Waals surface area contributed by atoms with Crippen molar-refractivity contribution in [3.8, 4) is 0 Å². The van der Waals surface area contributed by atoms with E-state index in [9.17, 15) is 0 Å². The molecule has 0 spiro atoms. The Bertz CT molecular complexity index is 367. The summed E-state index contributed by atoms with van der Waals surface area (Å²) in [5.41, 5.74) is 1.18. The van der Waals surface area contributed by atoms with Gasteiger partial charge in [0, 0.05) is 6.04 Å². The molecule has 1 rings (SSSR count). The minimum atomic E-state index is 0.305. The SMILES string of the molecule is CC(NCCCCN(C)C)c1ccc(Cl)c(Cl)c1. The van der Waals surface area contributed by atoms with Crippen LogP contribution in [0.5, 0.6) is 0 Å². The molecule has 0 saturated carbocycles. The first-order valence-electron chi connectivity index (χ1n) is 6.33. The minimum Gasteiger partial charge on any atom is -0.310 e. The van der Waals surface area contributed by atoms with E-state index in [4.69, 9.17) is 23.2 Å². The van der Waals surface area contributed by atoms with Crippen LogP contribution in [-0.2, 0) is 0 Å². The van der Waals surface area contributed by atoms with E-state index in [0.717, 1.165) is 13.1 Å². The average Bonchev–Trinajstić information content (AvgIpc) is 2.31. The minimum absolute atomic E-state index is 0.305. The highest BCUT2D eigenvalue weighted by molar-refractivity contribution is 6.42. The molecule has 0 saturated heterocycles. The first-order valence-corrected chi connectivity index (χ1v) is 7.09. The number of halogens is 2. The lowest BCUT2D eigenvalue weighted by molar-refractivity contribution is 0.389. The van der Waals surface area contributed by atoms with Crippen LogP contribution in [0.3, 0.4) is 0 Å². The van der Waals surface area contributed by atoms with Crippen LogP contribution in [0.1, 0.15) is 31.4 Å². The van der Waals surface area contributed by atoms with E-state index < -0.39 is 0 Å². The molecule has 18 heavy (non-hydrogen) atoms. The number of nitrogens with one attached hydrogen (secondary N) is 1. The second kappa shape index (κ2) is 8.00. The third kappa shape index (κ3) is 5.57. The molecule has 0 aliphatic heterocycles. The summed E-state index contributed by atoms with van der Waals surface area (Å²) < 4.78 is 0. The Balaban J connectivity index is 2.31. The van der Waals surface area contributed by atoms with Gasteiger partial charge >= 0.3 is 0 Å². The number of hydrogen-bond donors (Lipinski definition) is 1. The summed E-state index contributed by atoms with van der Waals surface area (Å²) in [6.07, 6.45) is 2.40. The first kappa shape index (κ1) is 15.8. The van der Waals surface area contributed by atoms with Crippen molar-refractivity contribution in [1.29, 1.82) is 0 Å². The number of hydrogen-bond acceptors (Lipinski definition) is 2. The van der Waals surface area contributed by atoms with Crippen molar-refractivity contribution in [3.63, 3.8) is 0 Å². The summed E-state index contributed by atoms with van der Waals surface area (Å²) in [4.78, 5) is 2.21. The van der Waals surface area contributed by atoms with E-state index >= 15 is 0 Å². The maximum Gasteiger partial charge on any atom is 0.0595 e. The Morgan fingerprint density at radius 2 is 1.89 bits per heavy atom. The van der Waals surface area contributed by atoms with E-state index in [1.807, 2.05) is 18.2 Å². The molecule has 0 aliphatic carbocycles. The van der Waals surface area contributed by atoms with Gasteiger partial charge in [0.1, 0.15) is 0 Å². The molecule has 0 heterocycles. The molecular formula is C14H22Cl2N2. The van der Waals surface area contributed by atoms with Crippen molar-refractivity contribution in [2.24, 2.45) is 0 Å². The van der Waals surface area contributed by atoms with Crippen LogP contribution >= 0.6 is 23.2 Å². The summed E-state index contributed by atoms with van der Waals surface area (Å²) in [5, 5.41) is 4.73. The average molecular weight is 289 g/mol. The maximum atomic E-state index is 6.01. The van der Waals surface area contributed by atoms with Crippen LogP contribution in [0.4, 0.5) is 0 Å². The predicted octanol–water partition coefficient (Wildman–Crippen LogP) is 3.99. The van der Waals surface area contributed by atoms with Crippen LogP contribution in [0, 0.1) is 0 Å². The van der Waals surface area contributed by atoms with Gasteiger partial charge in [-0.1, -0.05) is 29.3 Å². The number of nitrogens with zero attached hydrogens (tertiary/aromatic N) is 1. The Kier molecular flexibility index (Phi) is 7.02. The summed E-state index contributed by atoms with van der Waals surface area (Å²) in [5.74, 6) is 0. The van der Waals surface area contributed by atoms with Crippen LogP contribution in [0.2, 0.25) is 10.0 Å². The topological polar surface area (TPSA) is 15.3 Å². The molecule has 0 aromatic heterocycles. The molecule has 4 heteroatoms. The maximum absolute atomic E-state index is 6.01. The summed E-state index contributed by atoms with van der Waals surface area (Å²) in [6.45, 7) is 4.31. The largest absolute Gasteiger partial charge is 0.310 e. The normalized spacial score (nSPS) is 13.0. The zero-order chi connectivity index (χ0) is 13.5. The number of benzene rings is 1. The molecule has 2 nitrogen and oxygen atoms in total. The predicted molar refractivity (Wildman–Crippen MR) is 80.7 cm³/mol. The Morgan fingerprint density at radius 3 is 2.50 bits per heavy atom. The van der Waals surface area contributed by atoms with Crippen molar-refractivity contribution in [3.05, 3.63) is 33.8 Å². The first-order chi connectivity index (χ1) is 8.50. The molecule has 0 amide bonds. The molecule has 0 fully saturated rings. The summed E-state index contributed by atoms with van der Waals surface area (Å²) in [6, 6.07) is 6.11. The van der Waals surface area contributed by atoms with Gasteiger partial charge in [-0.2, -0.15) is 0 Å². The molecule has 1 unspecified atom stereocenters. The van der Waals surface area contributed by atoms with Gasteiger partial charge in [-0.15, -0.1) is 0 Å². The molecule has 1 aromatic carbocycles. The highest BCUT2D eigenvalue weighted by Crippen LogP contribution is 2.25. The molecular weight excluding hydrogens is 267 g/mol. The Labute approximate surface area is 120 Å². The zero-order valence-corrected chi connectivity index (χ0v) is 12.9. The van der Waals surface area contributed by atoms with Crippen LogP contribution < -0.4 is 5.32 Å². The van der Waals surface area contributed by atoms with Gasteiger partial charge in [-0.05, 0) is 64.6 Å². The van der Waals surface area contributed by atoms with E-state index in [0.29, 0.717) is 16.1 Å². The molecule has 1 aromatic rings. The second-order valence-corrected chi connectivity index (χ2v) is 5.67. The fourth-order valence-electron chi connectivity index (χ4n) is 1.77. The molecule has 0 bridgehead atoms. The van der Waals surface area contributed by atoms with Crippen molar-refractivity contribution in [2.75, 3.05) is 27.2 Å². The van der Waals surface area contributed by atoms with Gasteiger partial charge in [0.25, 0.3) is 0 Å². The van der Waals surface area contributed by atoms with Crippen molar-refractivity contribution in [1.82, 2.24) is 10.2 Å². The van der Waals surface area contributed by atoms with Gasteiger partial charge in [-0.25, -0.2) is 0 Å². The van der Waals surface area contributed by atoms with Crippen molar-refractivity contribution >= 4 is 23.2 Å². The highest BCUT2D eigenvalue weighted by atomic mass is 35.5. The third-order valence-corrected chi connectivity index (χ3v) is 3.67. The van der Waals surface area contributed by atoms with Crippen LogP contribution in [0.25, 0.3) is 0 Å². The van der Waals surface area contributed by atoms with Crippen LogP contribution in [-0.4, -0.2) is 32.1 Å². The van der Waals surface area contributed by atoms with E-state index in [2.05, 4.69) is 31.2 Å². The fraction of sp³-hybridized carbons (Fsp3) is 0.571. The van der Waals surface area contributed by atoms with Gasteiger partial charge in [0.2, 0.25) is 0 Å². The van der Waals surface area contributed by atoms with Gasteiger partial charge < -0.3 is 10.2 Å². The van der Waals surface area contributed by atoms with Crippen molar-refractivity contribution < 1.29 is 0 Å². The summed E-state index contributed by atoms with van der Waals surface area (Å²) in [7, 11) is 4.21. The van der Waals surface area contributed by atoms with Gasteiger partial charge in [0.15, 0.2) is 0 Å². The lowest BCUT2D eigenvalue weighted by atomic mass is 10.1. The molecule has 1 N–H and O–H groups in total. The third-order valence-electron chi connectivity index (χ3n) is 2.93. The Morgan fingerprint density at radius 1 is 1.17 bits per heavy atom. The van der Waals surface area contributed by atoms with Gasteiger partial charge in [-0.3, -0.25) is 0 Å². The second-order valence-electron chi connectivity index (χ2n) is 4.86. The quantitative estimate of drug-likeness (QED) is 0.764. The monoisotopic (exact) mass is 288 g/mol.